The van der Waals surface area contributed by atoms with Gasteiger partial charge in [0.1, 0.15) is 12.4 Å². The van der Waals surface area contributed by atoms with E-state index in [2.05, 4.69) is 34.1 Å². The van der Waals surface area contributed by atoms with Crippen LogP contribution in [-0.2, 0) is 22.6 Å². The van der Waals surface area contributed by atoms with E-state index in [1.54, 1.807) is 0 Å². The Morgan fingerprint density at radius 1 is 1.00 bits per heavy atom. The summed E-state index contributed by atoms with van der Waals surface area (Å²) in [4.78, 5) is 33.4. The van der Waals surface area contributed by atoms with Crippen LogP contribution < -0.4 is 4.74 Å². The van der Waals surface area contributed by atoms with Crippen LogP contribution >= 0.6 is 0 Å². The van der Waals surface area contributed by atoms with Crippen LogP contribution in [0.3, 0.4) is 0 Å². The zero-order chi connectivity index (χ0) is 27.0. The highest BCUT2D eigenvalue weighted by atomic mass is 16.5. The first-order valence-corrected chi connectivity index (χ1v) is 14.1. The van der Waals surface area contributed by atoms with Crippen molar-refractivity contribution in [3.63, 3.8) is 0 Å². The molecule has 1 saturated heterocycles. The standard InChI is InChI=1S/C31H43N3O4/c1-30(2,22-29(36)37)21-28(35)34-17-14-31(15-18-34)13-7-5-10-25-9-3-4-12-27(25)38-20-19-33(24-31)23-26-11-6-8-16-32-26/h3-4,6,8-9,11-12,16H,5,7,10,13-15,17-24H2,1-2H3,(H,36,37). The van der Waals surface area contributed by atoms with Gasteiger partial charge in [-0.15, -0.1) is 0 Å². The number of benzene rings is 1. The second-order valence-corrected chi connectivity index (χ2v) is 12.0. The van der Waals surface area contributed by atoms with E-state index in [0.29, 0.717) is 6.61 Å². The summed E-state index contributed by atoms with van der Waals surface area (Å²) in [7, 11) is 0. The number of piperidine rings is 1. The zero-order valence-electron chi connectivity index (χ0n) is 23.0. The van der Waals surface area contributed by atoms with Gasteiger partial charge in [-0.05, 0) is 66.7 Å². The number of hydrogen-bond donors (Lipinski definition) is 1. The molecular formula is C31H43N3O4. The molecule has 7 heteroatoms. The number of likely N-dealkylation sites (tertiary alicyclic amines) is 1. The maximum atomic E-state index is 13.1. The van der Waals surface area contributed by atoms with Crippen LogP contribution in [0.4, 0.5) is 0 Å². The molecular weight excluding hydrogens is 478 g/mol. The Balaban J connectivity index is 1.46. The maximum Gasteiger partial charge on any atom is 0.303 e. The van der Waals surface area contributed by atoms with Crippen molar-refractivity contribution < 1.29 is 19.4 Å². The van der Waals surface area contributed by atoms with Crippen LogP contribution in [0, 0.1) is 10.8 Å². The number of fused-ring (bicyclic) bond motifs is 1. The number of para-hydroxylation sites is 1. The lowest BCUT2D eigenvalue weighted by Crippen LogP contribution is -2.49. The van der Waals surface area contributed by atoms with Crippen molar-refractivity contribution in [2.45, 2.75) is 71.8 Å². The SMILES string of the molecule is CC(C)(CC(=O)O)CC(=O)N1CCC2(CCCCc3ccccc3OCCN(Cc3ccccn3)C2)CC1. The van der Waals surface area contributed by atoms with Crippen molar-refractivity contribution >= 4 is 11.9 Å². The van der Waals surface area contributed by atoms with Gasteiger partial charge in [0.05, 0.1) is 12.1 Å². The highest BCUT2D eigenvalue weighted by Crippen LogP contribution is 2.39. The number of carbonyl (C=O) groups is 2. The number of carboxylic acids is 1. The van der Waals surface area contributed by atoms with E-state index < -0.39 is 11.4 Å². The van der Waals surface area contributed by atoms with Gasteiger partial charge in [0.2, 0.25) is 5.91 Å². The Hall–Kier alpha value is -2.93. The molecule has 0 aliphatic carbocycles. The number of aliphatic carboxylic acids is 1. The van der Waals surface area contributed by atoms with E-state index in [-0.39, 0.29) is 24.2 Å². The fourth-order valence-corrected chi connectivity index (χ4v) is 6.07. The predicted octanol–water partition coefficient (Wildman–Crippen LogP) is 5.19. The predicted molar refractivity (Wildman–Crippen MR) is 148 cm³/mol. The maximum absolute atomic E-state index is 13.1. The summed E-state index contributed by atoms with van der Waals surface area (Å²) in [5, 5.41) is 9.21. The lowest BCUT2D eigenvalue weighted by atomic mass is 9.73. The third-order valence-corrected chi connectivity index (χ3v) is 8.15. The van der Waals surface area contributed by atoms with Crippen LogP contribution in [0.1, 0.15) is 70.1 Å². The topological polar surface area (TPSA) is 83.0 Å². The molecule has 0 bridgehead atoms. The highest BCUT2D eigenvalue weighted by Gasteiger charge is 2.38. The molecule has 1 spiro atoms. The number of pyridine rings is 1. The molecule has 206 valence electrons. The fraction of sp³-hybridized carbons (Fsp3) is 0.581. The minimum absolute atomic E-state index is 0.00417. The Morgan fingerprint density at radius 3 is 2.50 bits per heavy atom. The number of rotatable bonds is 6. The number of nitrogens with zero attached hydrogens (tertiary/aromatic N) is 3. The molecule has 7 nitrogen and oxygen atoms in total. The molecule has 0 radical (unpaired) electrons. The summed E-state index contributed by atoms with van der Waals surface area (Å²) in [6.45, 7) is 8.39. The normalized spacial score (nSPS) is 19.1. The number of hydrogen-bond acceptors (Lipinski definition) is 5. The van der Waals surface area contributed by atoms with Gasteiger partial charge in [-0.25, -0.2) is 0 Å². The number of amides is 1. The average molecular weight is 522 g/mol. The molecule has 1 aromatic heterocycles. The van der Waals surface area contributed by atoms with E-state index in [0.717, 1.165) is 82.7 Å². The van der Waals surface area contributed by atoms with E-state index in [1.807, 2.05) is 43.1 Å². The van der Waals surface area contributed by atoms with E-state index in [9.17, 15) is 14.7 Å². The second kappa shape index (κ2) is 12.7. The average Bonchev–Trinajstić information content (AvgIpc) is 2.86. The monoisotopic (exact) mass is 521 g/mol. The summed E-state index contributed by atoms with van der Waals surface area (Å²) in [5.74, 6) is 0.223. The summed E-state index contributed by atoms with van der Waals surface area (Å²) in [6, 6.07) is 14.5. The van der Waals surface area contributed by atoms with Gasteiger partial charge in [0, 0.05) is 45.3 Å². The van der Waals surface area contributed by atoms with Gasteiger partial charge in [-0.3, -0.25) is 19.5 Å². The largest absolute Gasteiger partial charge is 0.492 e. The summed E-state index contributed by atoms with van der Waals surface area (Å²) < 4.78 is 6.27. The van der Waals surface area contributed by atoms with Crippen molar-refractivity contribution in [1.82, 2.24) is 14.8 Å². The number of aromatic nitrogens is 1. The Kier molecular flexibility index (Phi) is 9.42. The Morgan fingerprint density at radius 2 is 1.76 bits per heavy atom. The molecule has 2 aliphatic rings. The van der Waals surface area contributed by atoms with Gasteiger partial charge < -0.3 is 14.7 Å². The van der Waals surface area contributed by atoms with Gasteiger partial charge in [-0.2, -0.15) is 0 Å². The Bertz CT molecular complexity index is 1060. The van der Waals surface area contributed by atoms with E-state index >= 15 is 0 Å². The quantitative estimate of drug-likeness (QED) is 0.563. The zero-order valence-corrected chi connectivity index (χ0v) is 23.0. The molecule has 0 atom stereocenters. The summed E-state index contributed by atoms with van der Waals surface area (Å²) >= 11 is 0. The minimum atomic E-state index is -0.854. The third kappa shape index (κ3) is 8.03. The molecule has 1 aromatic carbocycles. The molecule has 2 aliphatic heterocycles. The Labute approximate surface area is 227 Å². The highest BCUT2D eigenvalue weighted by molar-refractivity contribution is 5.78. The van der Waals surface area contributed by atoms with Gasteiger partial charge in [0.15, 0.2) is 0 Å². The number of carboxylic acid groups (broad SMARTS) is 1. The first-order chi connectivity index (χ1) is 18.2. The molecule has 1 fully saturated rings. The molecule has 0 saturated carbocycles. The first kappa shape index (κ1) is 28.1. The molecule has 3 heterocycles. The third-order valence-electron chi connectivity index (χ3n) is 8.15. The second-order valence-electron chi connectivity index (χ2n) is 12.0. The van der Waals surface area contributed by atoms with Gasteiger partial charge in [-0.1, -0.05) is 44.5 Å². The van der Waals surface area contributed by atoms with Crippen LogP contribution in [-0.4, -0.2) is 64.6 Å². The van der Waals surface area contributed by atoms with E-state index in [1.165, 1.54) is 5.56 Å². The summed E-state index contributed by atoms with van der Waals surface area (Å²) in [6.07, 6.45) is 8.49. The molecule has 0 unspecified atom stereocenters. The number of carbonyl (C=O) groups excluding carboxylic acids is 1. The minimum Gasteiger partial charge on any atom is -0.492 e. The van der Waals surface area contributed by atoms with Crippen molar-refractivity contribution in [3.05, 3.63) is 59.9 Å². The van der Waals surface area contributed by atoms with Crippen LogP contribution in [0.5, 0.6) is 5.75 Å². The molecule has 38 heavy (non-hydrogen) atoms. The van der Waals surface area contributed by atoms with Gasteiger partial charge in [0.25, 0.3) is 0 Å². The number of aryl methyl sites for hydroxylation is 1. The lowest BCUT2D eigenvalue weighted by molar-refractivity contribution is -0.141. The molecule has 1 N–H and O–H groups in total. The first-order valence-electron chi connectivity index (χ1n) is 14.1. The van der Waals surface area contributed by atoms with Gasteiger partial charge >= 0.3 is 5.97 Å². The van der Waals surface area contributed by atoms with Crippen molar-refractivity contribution in [3.8, 4) is 5.75 Å². The van der Waals surface area contributed by atoms with E-state index in [4.69, 9.17) is 4.74 Å². The molecule has 1 amide bonds. The lowest BCUT2D eigenvalue weighted by Gasteiger charge is -2.45. The number of ether oxygens (including phenoxy) is 1. The van der Waals surface area contributed by atoms with Crippen LogP contribution in [0.15, 0.2) is 48.7 Å². The van der Waals surface area contributed by atoms with Crippen molar-refractivity contribution in [1.29, 1.82) is 0 Å². The van der Waals surface area contributed by atoms with Crippen LogP contribution in [0.25, 0.3) is 0 Å². The van der Waals surface area contributed by atoms with Crippen molar-refractivity contribution in [2.24, 2.45) is 10.8 Å². The van der Waals surface area contributed by atoms with Crippen LogP contribution in [0.2, 0.25) is 0 Å². The fourth-order valence-electron chi connectivity index (χ4n) is 6.07. The molecule has 2 aromatic rings. The summed E-state index contributed by atoms with van der Waals surface area (Å²) in [5.41, 5.74) is 1.94. The smallest absolute Gasteiger partial charge is 0.303 e. The van der Waals surface area contributed by atoms with Crippen molar-refractivity contribution in [2.75, 3.05) is 32.8 Å². The molecule has 4 rings (SSSR count).